The van der Waals surface area contributed by atoms with Crippen LogP contribution in [0.15, 0.2) is 24.3 Å². The van der Waals surface area contributed by atoms with Gasteiger partial charge in [-0.25, -0.2) is 4.39 Å². The van der Waals surface area contributed by atoms with Crippen molar-refractivity contribution in [3.63, 3.8) is 0 Å². The lowest BCUT2D eigenvalue weighted by Crippen LogP contribution is -2.49. The number of carbonyl (C=O) groups excluding carboxylic acids is 1. The van der Waals surface area contributed by atoms with Crippen LogP contribution in [0.4, 0.5) is 4.39 Å². The number of nitrogens with two attached hydrogens (primary N) is 1. The van der Waals surface area contributed by atoms with Crippen LogP contribution in [0.25, 0.3) is 0 Å². The van der Waals surface area contributed by atoms with Crippen molar-refractivity contribution in [2.75, 3.05) is 20.1 Å². The van der Waals surface area contributed by atoms with E-state index in [2.05, 4.69) is 10.2 Å². The zero-order chi connectivity index (χ0) is 16.0. The summed E-state index contributed by atoms with van der Waals surface area (Å²) in [6.45, 7) is 7.79. The smallest absolute Gasteiger partial charge is 0.237 e. The van der Waals surface area contributed by atoms with Gasteiger partial charge < -0.3 is 16.0 Å². The lowest BCUT2D eigenvalue weighted by molar-refractivity contribution is -0.124. The quantitative estimate of drug-likeness (QED) is 0.812. The number of nitrogens with one attached hydrogen (secondary N) is 1. The third kappa shape index (κ3) is 9.11. The maximum absolute atomic E-state index is 12.8. The standard InChI is InChI=1S/C16H26FN3O.2ClH/c1-16(2,3)14(18)15(21)19-9-10-20(4)11-12-5-7-13(17)8-6-12;;/h5-8,14H,9-11,18H2,1-4H3,(H,19,21);2*1H/t14-;;/m1../s1. The van der Waals surface area contributed by atoms with E-state index in [1.165, 1.54) is 12.1 Å². The number of amides is 1. The van der Waals surface area contributed by atoms with Crippen molar-refractivity contribution >= 4 is 30.7 Å². The maximum atomic E-state index is 12.8. The Labute approximate surface area is 150 Å². The molecular weight excluding hydrogens is 340 g/mol. The zero-order valence-electron chi connectivity index (χ0n) is 14.1. The molecule has 4 nitrogen and oxygen atoms in total. The maximum Gasteiger partial charge on any atom is 0.237 e. The van der Waals surface area contributed by atoms with E-state index < -0.39 is 6.04 Å². The topological polar surface area (TPSA) is 58.4 Å². The molecule has 3 N–H and O–H groups in total. The monoisotopic (exact) mass is 367 g/mol. The van der Waals surface area contributed by atoms with Gasteiger partial charge in [-0.2, -0.15) is 0 Å². The summed E-state index contributed by atoms with van der Waals surface area (Å²) in [6.07, 6.45) is 0. The number of rotatable bonds is 6. The lowest BCUT2D eigenvalue weighted by Gasteiger charge is -2.26. The van der Waals surface area contributed by atoms with E-state index in [-0.39, 0.29) is 42.0 Å². The van der Waals surface area contributed by atoms with Crippen LogP contribution < -0.4 is 11.1 Å². The predicted octanol–water partition coefficient (Wildman–Crippen LogP) is 2.59. The second-order valence-corrected chi connectivity index (χ2v) is 6.50. The van der Waals surface area contributed by atoms with Crippen LogP contribution in [0, 0.1) is 11.2 Å². The third-order valence-corrected chi connectivity index (χ3v) is 3.37. The van der Waals surface area contributed by atoms with E-state index in [0.29, 0.717) is 19.6 Å². The summed E-state index contributed by atoms with van der Waals surface area (Å²) < 4.78 is 12.8. The van der Waals surface area contributed by atoms with Crippen LogP contribution in [-0.4, -0.2) is 37.0 Å². The SMILES string of the molecule is CN(CCNC(=O)[C@@H](N)C(C)(C)C)Cc1ccc(F)cc1.Cl.Cl. The van der Waals surface area contributed by atoms with Gasteiger partial charge in [0.1, 0.15) is 5.82 Å². The van der Waals surface area contributed by atoms with Crippen molar-refractivity contribution < 1.29 is 9.18 Å². The fourth-order valence-electron chi connectivity index (χ4n) is 1.85. The Bertz CT molecular complexity index is 463. The van der Waals surface area contributed by atoms with Gasteiger partial charge in [0.15, 0.2) is 0 Å². The Hall–Kier alpha value is -0.880. The minimum absolute atomic E-state index is 0. The summed E-state index contributed by atoms with van der Waals surface area (Å²) in [7, 11) is 1.96. The van der Waals surface area contributed by atoms with Crippen LogP contribution in [0.2, 0.25) is 0 Å². The van der Waals surface area contributed by atoms with Gasteiger partial charge in [0.2, 0.25) is 5.91 Å². The molecule has 0 fully saturated rings. The molecule has 0 aliphatic heterocycles. The van der Waals surface area contributed by atoms with Crippen LogP contribution in [0.3, 0.4) is 0 Å². The molecule has 0 radical (unpaired) electrons. The molecular formula is C16H28Cl2FN3O. The minimum Gasteiger partial charge on any atom is -0.353 e. The molecule has 1 aromatic rings. The second kappa shape index (κ2) is 10.8. The highest BCUT2D eigenvalue weighted by Gasteiger charge is 2.26. The first-order valence-corrected chi connectivity index (χ1v) is 7.16. The first-order valence-electron chi connectivity index (χ1n) is 7.16. The fraction of sp³-hybridized carbons (Fsp3) is 0.562. The molecule has 0 aliphatic carbocycles. The van der Waals surface area contributed by atoms with Gasteiger partial charge >= 0.3 is 0 Å². The van der Waals surface area contributed by atoms with Gasteiger partial charge in [0.25, 0.3) is 0 Å². The Morgan fingerprint density at radius 3 is 2.26 bits per heavy atom. The first kappa shape index (κ1) is 24.4. The third-order valence-electron chi connectivity index (χ3n) is 3.37. The molecule has 0 spiro atoms. The summed E-state index contributed by atoms with van der Waals surface area (Å²) in [5, 5.41) is 2.85. The number of nitrogens with zero attached hydrogens (tertiary/aromatic N) is 1. The molecule has 1 rings (SSSR count). The van der Waals surface area contributed by atoms with E-state index in [9.17, 15) is 9.18 Å². The summed E-state index contributed by atoms with van der Waals surface area (Å²) in [5.74, 6) is -0.359. The molecule has 134 valence electrons. The van der Waals surface area contributed by atoms with Crippen LogP contribution >= 0.6 is 24.8 Å². The Morgan fingerprint density at radius 1 is 1.26 bits per heavy atom. The second-order valence-electron chi connectivity index (χ2n) is 6.50. The average molecular weight is 368 g/mol. The molecule has 1 atom stereocenters. The number of likely N-dealkylation sites (N-methyl/N-ethyl adjacent to an activating group) is 1. The zero-order valence-corrected chi connectivity index (χ0v) is 15.8. The molecule has 1 aromatic carbocycles. The Kier molecular flexibility index (Phi) is 11.5. The molecule has 1 amide bonds. The highest BCUT2D eigenvalue weighted by molar-refractivity contribution is 5.85. The van der Waals surface area contributed by atoms with Crippen molar-refractivity contribution in [2.45, 2.75) is 33.4 Å². The summed E-state index contributed by atoms with van der Waals surface area (Å²) in [4.78, 5) is 13.9. The summed E-state index contributed by atoms with van der Waals surface area (Å²) in [6, 6.07) is 5.92. The van der Waals surface area contributed by atoms with E-state index in [0.717, 1.165) is 5.56 Å². The number of halogens is 3. The molecule has 0 bridgehead atoms. The van der Waals surface area contributed by atoms with Crippen molar-refractivity contribution in [1.29, 1.82) is 0 Å². The molecule has 0 aliphatic rings. The van der Waals surface area contributed by atoms with Crippen LogP contribution in [0.1, 0.15) is 26.3 Å². The molecule has 7 heteroatoms. The van der Waals surface area contributed by atoms with Crippen LogP contribution in [-0.2, 0) is 11.3 Å². The van der Waals surface area contributed by atoms with Gasteiger partial charge in [-0.3, -0.25) is 4.79 Å². The molecule has 0 saturated carbocycles. The molecule has 0 aromatic heterocycles. The highest BCUT2D eigenvalue weighted by Crippen LogP contribution is 2.17. The van der Waals surface area contributed by atoms with E-state index >= 15 is 0 Å². The Balaban J connectivity index is 0. The lowest BCUT2D eigenvalue weighted by atomic mass is 9.87. The largest absolute Gasteiger partial charge is 0.353 e. The average Bonchev–Trinajstić information content (AvgIpc) is 2.39. The van der Waals surface area contributed by atoms with Crippen molar-refractivity contribution in [3.8, 4) is 0 Å². The van der Waals surface area contributed by atoms with Gasteiger partial charge in [0, 0.05) is 19.6 Å². The number of hydrogen-bond acceptors (Lipinski definition) is 3. The normalized spacial score (nSPS) is 12.1. The number of hydrogen-bond donors (Lipinski definition) is 2. The van der Waals surface area contributed by atoms with E-state index in [1.54, 1.807) is 12.1 Å². The summed E-state index contributed by atoms with van der Waals surface area (Å²) in [5.41, 5.74) is 6.68. The highest BCUT2D eigenvalue weighted by atomic mass is 35.5. The van der Waals surface area contributed by atoms with Crippen molar-refractivity contribution in [2.24, 2.45) is 11.1 Å². The van der Waals surface area contributed by atoms with Crippen LogP contribution in [0.5, 0.6) is 0 Å². The van der Waals surface area contributed by atoms with Gasteiger partial charge in [-0.1, -0.05) is 32.9 Å². The molecule has 0 unspecified atom stereocenters. The van der Waals surface area contributed by atoms with Gasteiger partial charge in [-0.15, -0.1) is 24.8 Å². The molecule has 0 saturated heterocycles. The van der Waals surface area contributed by atoms with Crippen molar-refractivity contribution in [1.82, 2.24) is 10.2 Å². The summed E-state index contributed by atoms with van der Waals surface area (Å²) >= 11 is 0. The predicted molar refractivity (Wildman–Crippen MR) is 97.7 cm³/mol. The van der Waals surface area contributed by atoms with E-state index in [1.807, 2.05) is 27.8 Å². The number of carbonyl (C=O) groups is 1. The Morgan fingerprint density at radius 2 is 1.78 bits per heavy atom. The first-order chi connectivity index (χ1) is 9.70. The van der Waals surface area contributed by atoms with Gasteiger partial charge in [0.05, 0.1) is 6.04 Å². The molecule has 23 heavy (non-hydrogen) atoms. The fourth-order valence-corrected chi connectivity index (χ4v) is 1.85. The minimum atomic E-state index is -0.514. The van der Waals surface area contributed by atoms with E-state index in [4.69, 9.17) is 5.73 Å². The number of benzene rings is 1. The molecule has 0 heterocycles. The van der Waals surface area contributed by atoms with Crippen molar-refractivity contribution in [3.05, 3.63) is 35.6 Å². The van der Waals surface area contributed by atoms with Gasteiger partial charge in [-0.05, 0) is 30.2 Å².